The highest BCUT2D eigenvalue weighted by Crippen LogP contribution is 2.42. The fourth-order valence-corrected chi connectivity index (χ4v) is 12.7. The van der Waals surface area contributed by atoms with Gasteiger partial charge < -0.3 is 0 Å². The minimum Gasteiger partial charge on any atom is -0.135 e. The van der Waals surface area contributed by atoms with Crippen molar-refractivity contribution in [2.45, 2.75) is 0 Å². The summed E-state index contributed by atoms with van der Waals surface area (Å²) in [6.07, 6.45) is 0. The van der Waals surface area contributed by atoms with Gasteiger partial charge in [0.05, 0.1) is 0 Å². The van der Waals surface area contributed by atoms with Crippen molar-refractivity contribution >= 4 is 56.7 Å². The minimum atomic E-state index is 1.25. The summed E-state index contributed by atoms with van der Waals surface area (Å²) in [5.41, 5.74) is 12.6. The Hall–Kier alpha value is -6.18. The van der Waals surface area contributed by atoms with Crippen molar-refractivity contribution in [1.82, 2.24) is 0 Å². The molecule has 11 rings (SSSR count). The van der Waals surface area contributed by atoms with Gasteiger partial charge in [0.1, 0.15) is 0 Å². The summed E-state index contributed by atoms with van der Waals surface area (Å²) < 4.78 is 0. The van der Waals surface area contributed by atoms with Crippen molar-refractivity contribution in [1.29, 1.82) is 0 Å². The maximum absolute atomic E-state index is 2.26. The van der Waals surface area contributed by atoms with Crippen molar-refractivity contribution in [3.8, 4) is 104 Å². The van der Waals surface area contributed by atoms with Crippen molar-refractivity contribution in [3.63, 3.8) is 0 Å². The van der Waals surface area contributed by atoms with Crippen molar-refractivity contribution < 1.29 is 0 Å². The molecule has 0 N–H and O–H groups in total. The minimum absolute atomic E-state index is 1.25. The molecule has 0 aliphatic carbocycles. The Labute approximate surface area is 376 Å². The number of thiophene rings is 5. The van der Waals surface area contributed by atoms with Gasteiger partial charge in [0.2, 0.25) is 0 Å². The standard InChI is InChI=1S/C56H36S5/c1-3-7-37(8-4-1)47-27-29-49(57-47)39-11-15-41(16-12-39)51-31-33-53(59-51)43-19-23-45(24-20-43)55-35-36-56(61-55)46-25-21-44(22-26-46)54-34-32-52(60-54)42-17-13-40(14-18-42)50-30-28-48(58-50)38-9-5-2-6-10-38/h1-36H. The van der Waals surface area contributed by atoms with Crippen LogP contribution in [0.25, 0.3) is 104 Å². The van der Waals surface area contributed by atoms with Gasteiger partial charge >= 0.3 is 0 Å². The van der Waals surface area contributed by atoms with Gasteiger partial charge in [0.25, 0.3) is 0 Å². The first-order valence-electron chi connectivity index (χ1n) is 20.2. The number of hydrogen-bond donors (Lipinski definition) is 0. The van der Waals surface area contributed by atoms with Crippen LogP contribution < -0.4 is 0 Å². The zero-order valence-electron chi connectivity index (χ0n) is 32.8. The van der Waals surface area contributed by atoms with Gasteiger partial charge in [0, 0.05) is 48.8 Å². The van der Waals surface area contributed by atoms with Crippen LogP contribution in [-0.2, 0) is 0 Å². The molecule has 0 amide bonds. The van der Waals surface area contributed by atoms with E-state index >= 15 is 0 Å². The molecule has 11 aromatic rings. The molecule has 0 unspecified atom stereocenters. The average molecular weight is 869 g/mol. The topological polar surface area (TPSA) is 0 Å². The molecule has 0 bridgehead atoms. The van der Waals surface area contributed by atoms with Gasteiger partial charge in [-0.25, -0.2) is 0 Å². The average Bonchev–Trinajstić information content (AvgIpc) is 4.20. The lowest BCUT2D eigenvalue weighted by Gasteiger charge is -2.03. The second-order valence-corrected chi connectivity index (χ2v) is 20.3. The Morgan fingerprint density at radius 3 is 0.410 bits per heavy atom. The second kappa shape index (κ2) is 16.7. The predicted molar refractivity (Wildman–Crippen MR) is 270 cm³/mol. The summed E-state index contributed by atoms with van der Waals surface area (Å²) in [4.78, 5) is 12.9. The van der Waals surface area contributed by atoms with Gasteiger partial charge in [0.15, 0.2) is 0 Å². The Morgan fingerprint density at radius 2 is 0.262 bits per heavy atom. The van der Waals surface area contributed by atoms with Crippen LogP contribution in [0.5, 0.6) is 0 Å². The quantitative estimate of drug-likeness (QED) is 0.128. The Bertz CT molecular complexity index is 2970. The van der Waals surface area contributed by atoms with Crippen LogP contribution in [0.2, 0.25) is 0 Å². The van der Waals surface area contributed by atoms with Gasteiger partial charge in [-0.1, -0.05) is 158 Å². The number of hydrogen-bond acceptors (Lipinski definition) is 5. The largest absolute Gasteiger partial charge is 0.135 e. The van der Waals surface area contributed by atoms with Crippen LogP contribution in [-0.4, -0.2) is 0 Å². The smallest absolute Gasteiger partial charge is 0.0349 e. The highest BCUT2D eigenvalue weighted by molar-refractivity contribution is 7.20. The number of rotatable bonds is 10. The third-order valence-corrected chi connectivity index (χ3v) is 16.9. The molecule has 61 heavy (non-hydrogen) atoms. The monoisotopic (exact) mass is 868 g/mol. The van der Waals surface area contributed by atoms with Crippen molar-refractivity contribution in [2.75, 3.05) is 0 Å². The molecule has 6 aromatic carbocycles. The Kier molecular flexibility index (Phi) is 10.3. The second-order valence-electron chi connectivity index (χ2n) is 14.9. The molecule has 0 aliphatic heterocycles. The van der Waals surface area contributed by atoms with E-state index in [0.717, 1.165) is 0 Å². The Morgan fingerprint density at radius 1 is 0.131 bits per heavy atom. The molecule has 0 aliphatic rings. The zero-order chi connectivity index (χ0) is 40.5. The van der Waals surface area contributed by atoms with Crippen LogP contribution >= 0.6 is 56.7 Å². The van der Waals surface area contributed by atoms with Crippen molar-refractivity contribution in [3.05, 3.63) is 218 Å². The lowest BCUT2D eigenvalue weighted by Crippen LogP contribution is -1.75. The fourth-order valence-electron chi connectivity index (χ4n) is 7.64. The summed E-state index contributed by atoms with van der Waals surface area (Å²) >= 11 is 9.24. The van der Waals surface area contributed by atoms with E-state index in [1.54, 1.807) is 0 Å². The highest BCUT2D eigenvalue weighted by Gasteiger charge is 2.12. The summed E-state index contributed by atoms with van der Waals surface area (Å²) in [5.74, 6) is 0. The van der Waals surface area contributed by atoms with E-state index < -0.39 is 0 Å². The van der Waals surface area contributed by atoms with E-state index in [0.29, 0.717) is 0 Å². The van der Waals surface area contributed by atoms with Gasteiger partial charge in [-0.3, -0.25) is 0 Å². The molecule has 0 atom stereocenters. The molecule has 5 heterocycles. The fraction of sp³-hybridized carbons (Fsp3) is 0. The van der Waals surface area contributed by atoms with Crippen molar-refractivity contribution in [2.24, 2.45) is 0 Å². The third-order valence-electron chi connectivity index (χ3n) is 11.0. The zero-order valence-corrected chi connectivity index (χ0v) is 36.9. The van der Waals surface area contributed by atoms with Crippen LogP contribution in [0, 0.1) is 0 Å². The third kappa shape index (κ3) is 7.95. The van der Waals surface area contributed by atoms with E-state index in [4.69, 9.17) is 0 Å². The maximum atomic E-state index is 2.26. The van der Waals surface area contributed by atoms with E-state index in [9.17, 15) is 0 Å². The Balaban J connectivity index is 0.727. The van der Waals surface area contributed by atoms with E-state index in [1.165, 1.54) is 104 Å². The van der Waals surface area contributed by atoms with Crippen LogP contribution in [0.3, 0.4) is 0 Å². The number of benzene rings is 6. The SMILES string of the molecule is c1ccc(-c2ccc(-c3ccc(-c4ccc(-c5ccc(-c6ccc(-c7ccc(-c8ccc(-c9ccc(-c%10ccc(-c%11ccccc%11)s%10)cc9)s8)cc7)s6)cc5)s4)cc3)s2)cc1. The van der Waals surface area contributed by atoms with E-state index in [2.05, 4.69) is 218 Å². The molecule has 0 fully saturated rings. The first-order chi connectivity index (χ1) is 30.2. The molecule has 0 nitrogen and oxygen atoms in total. The maximum Gasteiger partial charge on any atom is 0.0349 e. The molecule has 0 radical (unpaired) electrons. The summed E-state index contributed by atoms with van der Waals surface area (Å²) in [5, 5.41) is 0. The van der Waals surface area contributed by atoms with E-state index in [1.807, 2.05) is 56.7 Å². The normalized spacial score (nSPS) is 11.3. The summed E-state index contributed by atoms with van der Waals surface area (Å²) in [6, 6.07) is 79.8. The molecule has 290 valence electrons. The summed E-state index contributed by atoms with van der Waals surface area (Å²) in [6.45, 7) is 0. The van der Waals surface area contributed by atoms with Crippen LogP contribution in [0.1, 0.15) is 0 Å². The first-order valence-corrected chi connectivity index (χ1v) is 24.3. The highest BCUT2D eigenvalue weighted by atomic mass is 32.1. The van der Waals surface area contributed by atoms with Gasteiger partial charge in [-0.05, 0) is 116 Å². The first kappa shape index (κ1) is 37.8. The molecule has 0 spiro atoms. The molecule has 5 aromatic heterocycles. The molecule has 5 heteroatoms. The predicted octanol–water partition coefficient (Wildman–Crippen LogP) is 18.7. The lowest BCUT2D eigenvalue weighted by atomic mass is 10.1. The van der Waals surface area contributed by atoms with E-state index in [-0.39, 0.29) is 0 Å². The summed E-state index contributed by atoms with van der Waals surface area (Å²) in [7, 11) is 0. The molecule has 0 saturated heterocycles. The van der Waals surface area contributed by atoms with Gasteiger partial charge in [-0.15, -0.1) is 56.7 Å². The molecular weight excluding hydrogens is 833 g/mol. The van der Waals surface area contributed by atoms with Crippen LogP contribution in [0.15, 0.2) is 218 Å². The van der Waals surface area contributed by atoms with Gasteiger partial charge in [-0.2, -0.15) is 0 Å². The van der Waals surface area contributed by atoms with Crippen LogP contribution in [0.4, 0.5) is 0 Å². The molecule has 0 saturated carbocycles. The lowest BCUT2D eigenvalue weighted by molar-refractivity contribution is 1.67. The molecular formula is C56H36S5.